The number of methoxy groups -OCH3 is 2. The molecular formula is C20H24N2O5. The Bertz CT molecular complexity index is 824. The van der Waals surface area contributed by atoms with Crippen molar-refractivity contribution in [2.75, 3.05) is 33.4 Å². The third-order valence-corrected chi connectivity index (χ3v) is 4.56. The van der Waals surface area contributed by atoms with Gasteiger partial charge in [-0.1, -0.05) is 6.07 Å². The molecule has 1 atom stereocenters. The molecule has 27 heavy (non-hydrogen) atoms. The monoisotopic (exact) mass is 372 g/mol. The van der Waals surface area contributed by atoms with Crippen molar-refractivity contribution >= 4 is 11.6 Å². The molecule has 1 aliphatic heterocycles. The number of hydrogen-bond donors (Lipinski definition) is 1. The van der Waals surface area contributed by atoms with Gasteiger partial charge in [-0.2, -0.15) is 0 Å². The highest BCUT2D eigenvalue weighted by Gasteiger charge is 2.20. The minimum Gasteiger partial charge on any atom is -0.493 e. The Kier molecular flexibility index (Phi) is 5.71. The predicted octanol–water partition coefficient (Wildman–Crippen LogP) is 2.89. The van der Waals surface area contributed by atoms with Crippen molar-refractivity contribution in [1.82, 2.24) is 4.90 Å². The quantitative estimate of drug-likeness (QED) is 0.806. The number of carbonyl (C=O) groups is 1. The molecule has 7 heteroatoms. The summed E-state index contributed by atoms with van der Waals surface area (Å²) in [5, 5.41) is 2.92. The standard InChI is InChI=1S/C20H24N2O5/c1-13(20(23)21-15-6-8-17-19(10-15)27-12-26-17)22(2)11-14-5-7-16(24-3)18(9-14)25-4/h5-10,13H,11-12H2,1-4H3,(H,21,23)/t13-/m1/s1. The Morgan fingerprint density at radius 1 is 1.11 bits per heavy atom. The third kappa shape index (κ3) is 4.25. The van der Waals surface area contributed by atoms with E-state index in [4.69, 9.17) is 18.9 Å². The van der Waals surface area contributed by atoms with Crippen LogP contribution in [0.5, 0.6) is 23.0 Å². The highest BCUT2D eigenvalue weighted by atomic mass is 16.7. The first-order valence-corrected chi connectivity index (χ1v) is 8.63. The topological polar surface area (TPSA) is 69.3 Å². The third-order valence-electron chi connectivity index (χ3n) is 4.56. The van der Waals surface area contributed by atoms with Crippen LogP contribution in [0.4, 0.5) is 5.69 Å². The first-order valence-electron chi connectivity index (χ1n) is 8.63. The van der Waals surface area contributed by atoms with Gasteiger partial charge in [0.05, 0.1) is 20.3 Å². The van der Waals surface area contributed by atoms with E-state index < -0.39 is 0 Å². The number of nitrogens with one attached hydrogen (secondary N) is 1. The Labute approximate surface area is 158 Å². The lowest BCUT2D eigenvalue weighted by atomic mass is 10.1. The number of anilines is 1. The van der Waals surface area contributed by atoms with Crippen molar-refractivity contribution in [1.29, 1.82) is 0 Å². The summed E-state index contributed by atoms with van der Waals surface area (Å²) in [6, 6.07) is 10.8. The van der Waals surface area contributed by atoms with E-state index in [1.807, 2.05) is 37.1 Å². The minimum atomic E-state index is -0.330. The first-order chi connectivity index (χ1) is 13.0. The van der Waals surface area contributed by atoms with E-state index in [1.165, 1.54) is 0 Å². The lowest BCUT2D eigenvalue weighted by Crippen LogP contribution is -2.39. The maximum Gasteiger partial charge on any atom is 0.241 e. The Balaban J connectivity index is 1.62. The van der Waals surface area contributed by atoms with Gasteiger partial charge in [0.15, 0.2) is 23.0 Å². The number of ether oxygens (including phenoxy) is 4. The van der Waals surface area contributed by atoms with Crippen molar-refractivity contribution in [3.8, 4) is 23.0 Å². The van der Waals surface area contributed by atoms with Gasteiger partial charge >= 0.3 is 0 Å². The van der Waals surface area contributed by atoms with Gasteiger partial charge < -0.3 is 24.3 Å². The van der Waals surface area contributed by atoms with Crippen LogP contribution in [-0.2, 0) is 11.3 Å². The van der Waals surface area contributed by atoms with Gasteiger partial charge in [-0.3, -0.25) is 9.69 Å². The summed E-state index contributed by atoms with van der Waals surface area (Å²) in [6.45, 7) is 2.66. The van der Waals surface area contributed by atoms with Crippen LogP contribution in [0, 0.1) is 0 Å². The fourth-order valence-corrected chi connectivity index (χ4v) is 2.83. The molecule has 1 N–H and O–H groups in total. The molecule has 0 aliphatic carbocycles. The van der Waals surface area contributed by atoms with Crippen LogP contribution >= 0.6 is 0 Å². The zero-order valence-electron chi connectivity index (χ0n) is 15.9. The molecule has 0 saturated heterocycles. The second kappa shape index (κ2) is 8.18. The van der Waals surface area contributed by atoms with Gasteiger partial charge in [-0.15, -0.1) is 0 Å². The van der Waals surface area contributed by atoms with E-state index in [2.05, 4.69) is 5.32 Å². The molecule has 2 aromatic rings. The molecule has 0 aromatic heterocycles. The van der Waals surface area contributed by atoms with E-state index in [9.17, 15) is 4.79 Å². The molecule has 1 heterocycles. The molecule has 1 aliphatic rings. The minimum absolute atomic E-state index is 0.100. The maximum atomic E-state index is 12.6. The molecule has 0 bridgehead atoms. The molecule has 3 rings (SSSR count). The van der Waals surface area contributed by atoms with Crippen LogP contribution in [0.1, 0.15) is 12.5 Å². The van der Waals surface area contributed by atoms with Gasteiger partial charge in [0.2, 0.25) is 12.7 Å². The van der Waals surface area contributed by atoms with Gasteiger partial charge in [0, 0.05) is 18.3 Å². The number of benzene rings is 2. The molecule has 0 radical (unpaired) electrons. The summed E-state index contributed by atoms with van der Waals surface area (Å²) in [7, 11) is 5.11. The number of hydrogen-bond acceptors (Lipinski definition) is 6. The summed E-state index contributed by atoms with van der Waals surface area (Å²) in [4.78, 5) is 14.6. The van der Waals surface area contributed by atoms with Crippen molar-refractivity contribution in [3.05, 3.63) is 42.0 Å². The molecule has 144 valence electrons. The molecule has 2 aromatic carbocycles. The average Bonchev–Trinajstić information content (AvgIpc) is 3.14. The molecule has 0 spiro atoms. The number of rotatable bonds is 7. The maximum absolute atomic E-state index is 12.6. The summed E-state index contributed by atoms with van der Waals surface area (Å²) in [6.07, 6.45) is 0. The number of carbonyl (C=O) groups excluding carboxylic acids is 1. The number of fused-ring (bicyclic) bond motifs is 1. The van der Waals surface area contributed by atoms with Crippen LogP contribution in [-0.4, -0.2) is 44.9 Å². The Morgan fingerprint density at radius 3 is 2.59 bits per heavy atom. The van der Waals surface area contributed by atoms with E-state index in [0.717, 1.165) is 5.56 Å². The summed E-state index contributed by atoms with van der Waals surface area (Å²) in [5.74, 6) is 2.57. The summed E-state index contributed by atoms with van der Waals surface area (Å²) >= 11 is 0. The highest BCUT2D eigenvalue weighted by Crippen LogP contribution is 2.34. The highest BCUT2D eigenvalue weighted by molar-refractivity contribution is 5.94. The lowest BCUT2D eigenvalue weighted by Gasteiger charge is -2.24. The zero-order chi connectivity index (χ0) is 19.4. The Morgan fingerprint density at radius 2 is 1.85 bits per heavy atom. The van der Waals surface area contributed by atoms with E-state index in [1.54, 1.807) is 32.4 Å². The average molecular weight is 372 g/mol. The van der Waals surface area contributed by atoms with Crippen LogP contribution in [0.15, 0.2) is 36.4 Å². The van der Waals surface area contributed by atoms with Gasteiger partial charge in [-0.25, -0.2) is 0 Å². The first kappa shape index (κ1) is 18.8. The molecule has 0 unspecified atom stereocenters. The van der Waals surface area contributed by atoms with Crippen molar-refractivity contribution in [3.63, 3.8) is 0 Å². The van der Waals surface area contributed by atoms with Crippen LogP contribution in [0.2, 0.25) is 0 Å². The van der Waals surface area contributed by atoms with Crippen molar-refractivity contribution in [2.24, 2.45) is 0 Å². The van der Waals surface area contributed by atoms with E-state index in [-0.39, 0.29) is 18.7 Å². The lowest BCUT2D eigenvalue weighted by molar-refractivity contribution is -0.120. The normalized spacial score (nSPS) is 13.4. The number of amides is 1. The van der Waals surface area contributed by atoms with Crippen LogP contribution in [0.3, 0.4) is 0 Å². The second-order valence-electron chi connectivity index (χ2n) is 6.34. The van der Waals surface area contributed by atoms with Crippen molar-refractivity contribution in [2.45, 2.75) is 19.5 Å². The zero-order valence-corrected chi connectivity index (χ0v) is 15.9. The molecular weight excluding hydrogens is 348 g/mol. The van der Waals surface area contributed by atoms with Gasteiger partial charge in [0.25, 0.3) is 0 Å². The second-order valence-corrected chi connectivity index (χ2v) is 6.34. The Hall–Kier alpha value is -2.93. The van der Waals surface area contributed by atoms with E-state index >= 15 is 0 Å². The molecule has 0 saturated carbocycles. The van der Waals surface area contributed by atoms with Gasteiger partial charge in [0.1, 0.15) is 0 Å². The van der Waals surface area contributed by atoms with Crippen LogP contribution in [0.25, 0.3) is 0 Å². The largest absolute Gasteiger partial charge is 0.493 e. The SMILES string of the molecule is COc1ccc(CN(C)[C@H](C)C(=O)Nc2ccc3c(c2)OCO3)cc1OC. The molecule has 7 nitrogen and oxygen atoms in total. The predicted molar refractivity (Wildman–Crippen MR) is 102 cm³/mol. The van der Waals surface area contributed by atoms with Crippen LogP contribution < -0.4 is 24.3 Å². The fourth-order valence-electron chi connectivity index (χ4n) is 2.83. The smallest absolute Gasteiger partial charge is 0.241 e. The van der Waals surface area contributed by atoms with E-state index in [0.29, 0.717) is 35.2 Å². The molecule has 0 fully saturated rings. The van der Waals surface area contributed by atoms with Crippen molar-refractivity contribution < 1.29 is 23.7 Å². The fraction of sp³-hybridized carbons (Fsp3) is 0.350. The summed E-state index contributed by atoms with van der Waals surface area (Å²) < 4.78 is 21.2. The van der Waals surface area contributed by atoms with Gasteiger partial charge in [-0.05, 0) is 43.8 Å². The summed E-state index contributed by atoms with van der Waals surface area (Å²) in [5.41, 5.74) is 1.70. The molecule has 1 amide bonds. The number of nitrogens with zero attached hydrogens (tertiary/aromatic N) is 1. The number of likely N-dealkylation sites (N-methyl/N-ethyl adjacent to an activating group) is 1.